The number of carbonyl (C=O) groups is 1. The van der Waals surface area contributed by atoms with Crippen molar-refractivity contribution in [2.75, 3.05) is 13.1 Å². The van der Waals surface area contributed by atoms with Gasteiger partial charge in [-0.05, 0) is 37.0 Å². The predicted molar refractivity (Wildman–Crippen MR) is 111 cm³/mol. The van der Waals surface area contributed by atoms with Crippen LogP contribution in [-0.4, -0.2) is 31.7 Å². The molecule has 1 aliphatic heterocycles. The molecule has 0 aromatic heterocycles. The molecule has 0 saturated carbocycles. The first-order valence-electron chi connectivity index (χ1n) is 9.39. The number of hydrogen-bond donors (Lipinski definition) is 1. The Morgan fingerprint density at radius 3 is 2.61 bits per heavy atom. The maximum atomic E-state index is 12.8. The highest BCUT2D eigenvalue weighted by Gasteiger charge is 2.32. The number of benzene rings is 2. The van der Waals surface area contributed by atoms with E-state index in [1.54, 1.807) is 24.3 Å². The van der Waals surface area contributed by atoms with Crippen LogP contribution in [0, 0.1) is 12.8 Å². The Labute approximate surface area is 171 Å². The largest absolute Gasteiger partial charge is 0.352 e. The van der Waals surface area contributed by atoms with Crippen molar-refractivity contribution in [3.8, 4) is 0 Å². The highest BCUT2D eigenvalue weighted by Crippen LogP contribution is 2.24. The number of aryl methyl sites for hydroxylation is 1. The highest BCUT2D eigenvalue weighted by molar-refractivity contribution is 7.88. The van der Waals surface area contributed by atoms with E-state index in [0.29, 0.717) is 36.5 Å². The zero-order chi connectivity index (χ0) is 20.1. The van der Waals surface area contributed by atoms with E-state index < -0.39 is 10.0 Å². The SMILES string of the molecule is Cc1ccc(CNC(=O)[C@H]2CCCN(S(=O)(=O)Cc3ccccc3Cl)C2)cc1. The maximum Gasteiger partial charge on any atom is 0.224 e. The molecule has 1 N–H and O–H groups in total. The standard InChI is InChI=1S/C21H25ClN2O3S/c1-16-8-10-17(11-9-16)13-23-21(25)18-6-4-12-24(14-18)28(26,27)15-19-5-2-3-7-20(19)22/h2-3,5,7-11,18H,4,6,12-15H2,1H3,(H,23,25)/t18-/m0/s1. The lowest BCUT2D eigenvalue weighted by atomic mass is 9.98. The Morgan fingerprint density at radius 2 is 1.89 bits per heavy atom. The summed E-state index contributed by atoms with van der Waals surface area (Å²) >= 11 is 6.11. The third kappa shape index (κ3) is 5.34. The molecule has 1 atom stereocenters. The average Bonchev–Trinajstić information content (AvgIpc) is 2.69. The summed E-state index contributed by atoms with van der Waals surface area (Å²) in [5.74, 6) is -0.580. The van der Waals surface area contributed by atoms with Crippen molar-refractivity contribution in [2.45, 2.75) is 32.1 Å². The van der Waals surface area contributed by atoms with Crippen molar-refractivity contribution in [1.29, 1.82) is 0 Å². The summed E-state index contributed by atoms with van der Waals surface area (Å²) in [5, 5.41) is 3.38. The van der Waals surface area contributed by atoms with Crippen LogP contribution in [0.25, 0.3) is 0 Å². The maximum absolute atomic E-state index is 12.8. The van der Waals surface area contributed by atoms with Crippen LogP contribution in [0.2, 0.25) is 5.02 Å². The molecular formula is C21H25ClN2O3S. The first-order chi connectivity index (χ1) is 13.3. The van der Waals surface area contributed by atoms with Gasteiger partial charge in [0, 0.05) is 24.7 Å². The van der Waals surface area contributed by atoms with Gasteiger partial charge in [0.05, 0.1) is 11.7 Å². The zero-order valence-corrected chi connectivity index (χ0v) is 17.5. The Bertz CT molecular complexity index is 929. The Morgan fingerprint density at radius 1 is 1.18 bits per heavy atom. The third-order valence-corrected chi connectivity index (χ3v) is 7.19. The van der Waals surface area contributed by atoms with Crippen LogP contribution in [0.5, 0.6) is 0 Å². The van der Waals surface area contributed by atoms with Gasteiger partial charge in [0.25, 0.3) is 0 Å². The number of hydrogen-bond acceptors (Lipinski definition) is 3. The van der Waals surface area contributed by atoms with Gasteiger partial charge in [0.2, 0.25) is 15.9 Å². The fraction of sp³-hybridized carbons (Fsp3) is 0.381. The summed E-state index contributed by atoms with van der Waals surface area (Å²) in [6.45, 7) is 3.12. The van der Waals surface area contributed by atoms with E-state index in [9.17, 15) is 13.2 Å². The molecule has 7 heteroatoms. The van der Waals surface area contributed by atoms with Gasteiger partial charge < -0.3 is 5.32 Å². The second kappa shape index (κ2) is 9.07. The average molecular weight is 421 g/mol. The Hall–Kier alpha value is -1.89. The summed E-state index contributed by atoms with van der Waals surface area (Å²) in [4.78, 5) is 12.6. The lowest BCUT2D eigenvalue weighted by Crippen LogP contribution is -2.45. The van der Waals surface area contributed by atoms with E-state index in [-0.39, 0.29) is 24.1 Å². The lowest BCUT2D eigenvalue weighted by molar-refractivity contribution is -0.126. The molecule has 1 heterocycles. The minimum atomic E-state index is -3.53. The zero-order valence-electron chi connectivity index (χ0n) is 15.9. The molecular weight excluding hydrogens is 396 g/mol. The molecule has 1 amide bonds. The molecule has 0 spiro atoms. The molecule has 3 rings (SSSR count). The number of rotatable bonds is 6. The van der Waals surface area contributed by atoms with E-state index in [4.69, 9.17) is 11.6 Å². The number of piperidine rings is 1. The van der Waals surface area contributed by atoms with Gasteiger partial charge in [-0.1, -0.05) is 59.6 Å². The number of amides is 1. The monoisotopic (exact) mass is 420 g/mol. The molecule has 0 bridgehead atoms. The van der Waals surface area contributed by atoms with E-state index in [0.717, 1.165) is 5.56 Å². The number of nitrogens with zero attached hydrogens (tertiary/aromatic N) is 1. The summed E-state index contributed by atoms with van der Waals surface area (Å²) in [5.41, 5.74) is 2.77. The molecule has 5 nitrogen and oxygen atoms in total. The Balaban J connectivity index is 1.60. The molecule has 0 radical (unpaired) electrons. The second-order valence-electron chi connectivity index (χ2n) is 7.25. The van der Waals surface area contributed by atoms with Crippen LogP contribution in [0.3, 0.4) is 0 Å². The van der Waals surface area contributed by atoms with Crippen molar-refractivity contribution in [1.82, 2.24) is 9.62 Å². The lowest BCUT2D eigenvalue weighted by Gasteiger charge is -2.31. The predicted octanol–water partition coefficient (Wildman–Crippen LogP) is 3.51. The molecule has 1 saturated heterocycles. The minimum absolute atomic E-state index is 0.0989. The molecule has 0 unspecified atom stereocenters. The van der Waals surface area contributed by atoms with Crippen LogP contribution >= 0.6 is 11.6 Å². The minimum Gasteiger partial charge on any atom is -0.352 e. The van der Waals surface area contributed by atoms with Crippen molar-refractivity contribution in [2.24, 2.45) is 5.92 Å². The molecule has 150 valence electrons. The van der Waals surface area contributed by atoms with Gasteiger partial charge in [-0.2, -0.15) is 0 Å². The highest BCUT2D eigenvalue weighted by atomic mass is 35.5. The van der Waals surface area contributed by atoms with Crippen molar-refractivity contribution >= 4 is 27.5 Å². The first-order valence-corrected chi connectivity index (χ1v) is 11.4. The fourth-order valence-corrected chi connectivity index (χ4v) is 5.28. The quantitative estimate of drug-likeness (QED) is 0.777. The normalized spacial score (nSPS) is 18.0. The van der Waals surface area contributed by atoms with E-state index in [1.807, 2.05) is 31.2 Å². The van der Waals surface area contributed by atoms with Gasteiger partial charge in [-0.15, -0.1) is 0 Å². The van der Waals surface area contributed by atoms with E-state index in [1.165, 1.54) is 9.87 Å². The third-order valence-electron chi connectivity index (χ3n) is 5.03. The summed E-state index contributed by atoms with van der Waals surface area (Å²) in [6.07, 6.45) is 1.36. The van der Waals surface area contributed by atoms with Crippen molar-refractivity contribution in [3.63, 3.8) is 0 Å². The van der Waals surface area contributed by atoms with Crippen LogP contribution < -0.4 is 5.32 Å². The number of halogens is 1. The fourth-order valence-electron chi connectivity index (χ4n) is 3.35. The second-order valence-corrected chi connectivity index (χ2v) is 9.62. The van der Waals surface area contributed by atoms with Crippen molar-refractivity contribution in [3.05, 3.63) is 70.2 Å². The van der Waals surface area contributed by atoms with Gasteiger partial charge in [-0.3, -0.25) is 4.79 Å². The van der Waals surface area contributed by atoms with E-state index in [2.05, 4.69) is 5.32 Å². The van der Waals surface area contributed by atoms with Crippen molar-refractivity contribution < 1.29 is 13.2 Å². The van der Waals surface area contributed by atoms with Gasteiger partial charge >= 0.3 is 0 Å². The van der Waals surface area contributed by atoms with Crippen LogP contribution in [0.4, 0.5) is 0 Å². The summed E-state index contributed by atoms with van der Waals surface area (Å²) in [7, 11) is -3.53. The van der Waals surface area contributed by atoms with Crippen LogP contribution in [0.15, 0.2) is 48.5 Å². The molecule has 2 aromatic rings. The smallest absolute Gasteiger partial charge is 0.224 e. The van der Waals surface area contributed by atoms with Crippen LogP contribution in [0.1, 0.15) is 29.5 Å². The number of carbonyl (C=O) groups excluding carboxylic acids is 1. The van der Waals surface area contributed by atoms with Gasteiger partial charge in [0.15, 0.2) is 0 Å². The van der Waals surface area contributed by atoms with E-state index >= 15 is 0 Å². The molecule has 1 aliphatic rings. The van der Waals surface area contributed by atoms with Crippen LogP contribution in [-0.2, 0) is 27.1 Å². The number of sulfonamides is 1. The Kier molecular flexibility index (Phi) is 6.75. The van der Waals surface area contributed by atoms with Gasteiger partial charge in [0.1, 0.15) is 0 Å². The topological polar surface area (TPSA) is 66.5 Å². The molecule has 28 heavy (non-hydrogen) atoms. The number of nitrogens with one attached hydrogen (secondary N) is 1. The molecule has 2 aromatic carbocycles. The summed E-state index contributed by atoms with van der Waals surface area (Å²) < 4.78 is 27.1. The summed E-state index contributed by atoms with van der Waals surface area (Å²) in [6, 6.07) is 14.9. The first kappa shape index (κ1) is 20.8. The van der Waals surface area contributed by atoms with Gasteiger partial charge in [-0.25, -0.2) is 12.7 Å². The molecule has 1 fully saturated rings. The molecule has 0 aliphatic carbocycles.